The number of aromatic carboxylic acids is 1. The second kappa shape index (κ2) is 10.6. The Morgan fingerprint density at radius 3 is 2.69 bits per heavy atom. The second-order valence-electron chi connectivity index (χ2n) is 10.0. The van der Waals surface area contributed by atoms with Gasteiger partial charge in [0.15, 0.2) is 0 Å². The summed E-state index contributed by atoms with van der Waals surface area (Å²) < 4.78 is 11.1. The molecule has 0 aliphatic carbocycles. The SMILES string of the molecule is CC[C@@]1(CCCCO)CC(=O)N([C@@H]2CCOc3ccc(C(=O)O)cc32)/C(=N/C(=O)OC(C)(C)C)N1. The molecule has 192 valence electrons. The largest absolute Gasteiger partial charge is 0.493 e. The van der Waals surface area contributed by atoms with Gasteiger partial charge in [-0.1, -0.05) is 6.92 Å². The number of carbonyl (C=O) groups excluding carboxylic acids is 2. The summed E-state index contributed by atoms with van der Waals surface area (Å²) in [5, 5.41) is 22.1. The predicted molar refractivity (Wildman–Crippen MR) is 128 cm³/mol. The van der Waals surface area contributed by atoms with Crippen molar-refractivity contribution in [1.82, 2.24) is 10.2 Å². The number of aliphatic imine (C=N–C) groups is 1. The molecule has 2 heterocycles. The van der Waals surface area contributed by atoms with E-state index in [1.54, 1.807) is 26.8 Å². The van der Waals surface area contributed by atoms with E-state index in [0.717, 1.165) is 0 Å². The Labute approximate surface area is 205 Å². The van der Waals surface area contributed by atoms with Gasteiger partial charge < -0.3 is 25.0 Å². The smallest absolute Gasteiger partial charge is 0.437 e. The lowest BCUT2D eigenvalue weighted by Crippen LogP contribution is -2.63. The summed E-state index contributed by atoms with van der Waals surface area (Å²) in [7, 11) is 0. The highest BCUT2D eigenvalue weighted by Crippen LogP contribution is 2.40. The Morgan fingerprint density at radius 2 is 2.06 bits per heavy atom. The number of amides is 2. The standard InChI is InChI=1S/C25H35N3O7/c1-5-25(11-6-7-12-29)15-20(30)28(22(27-25)26-23(33)35-24(2,3)4)18-10-13-34-19-9-8-16(21(31)32)14-17(18)19/h8-9,14,18,29H,5-7,10-13,15H2,1-4H3,(H,31,32)(H,26,27,33)/t18-,25-/m1/s1. The third-order valence-corrected chi connectivity index (χ3v) is 6.27. The topological polar surface area (TPSA) is 138 Å². The number of aliphatic hydroxyl groups is 1. The molecule has 0 bridgehead atoms. The molecule has 3 rings (SSSR count). The van der Waals surface area contributed by atoms with Gasteiger partial charge in [0.05, 0.1) is 24.6 Å². The van der Waals surface area contributed by atoms with Crippen molar-refractivity contribution in [2.24, 2.45) is 4.99 Å². The lowest BCUT2D eigenvalue weighted by atomic mass is 9.83. The highest BCUT2D eigenvalue weighted by Gasteiger charge is 2.45. The van der Waals surface area contributed by atoms with Crippen LogP contribution in [0.3, 0.4) is 0 Å². The van der Waals surface area contributed by atoms with Crippen molar-refractivity contribution in [3.05, 3.63) is 29.3 Å². The minimum atomic E-state index is -1.09. The van der Waals surface area contributed by atoms with Gasteiger partial charge in [-0.25, -0.2) is 9.59 Å². The van der Waals surface area contributed by atoms with Gasteiger partial charge in [-0.3, -0.25) is 9.69 Å². The van der Waals surface area contributed by atoms with Crippen molar-refractivity contribution in [2.75, 3.05) is 13.2 Å². The molecule has 10 heteroatoms. The number of carboxylic acids is 1. The monoisotopic (exact) mass is 489 g/mol. The first-order chi connectivity index (χ1) is 16.5. The number of hydrogen-bond acceptors (Lipinski definition) is 6. The molecule has 2 atom stereocenters. The number of nitrogens with one attached hydrogen (secondary N) is 1. The van der Waals surface area contributed by atoms with E-state index in [-0.39, 0.29) is 30.5 Å². The van der Waals surface area contributed by atoms with Crippen molar-refractivity contribution in [1.29, 1.82) is 0 Å². The molecule has 2 aliphatic heterocycles. The first kappa shape index (κ1) is 26.5. The number of carbonyl (C=O) groups is 3. The molecule has 3 N–H and O–H groups in total. The van der Waals surface area contributed by atoms with Gasteiger partial charge in [-0.2, -0.15) is 0 Å². The average molecular weight is 490 g/mol. The van der Waals surface area contributed by atoms with Crippen LogP contribution in [-0.2, 0) is 9.53 Å². The van der Waals surface area contributed by atoms with E-state index < -0.39 is 29.2 Å². The first-order valence-corrected chi connectivity index (χ1v) is 12.0. The van der Waals surface area contributed by atoms with Crippen LogP contribution in [0.4, 0.5) is 4.79 Å². The predicted octanol–water partition coefficient (Wildman–Crippen LogP) is 3.63. The molecule has 1 fully saturated rings. The van der Waals surface area contributed by atoms with Gasteiger partial charge >= 0.3 is 12.1 Å². The number of fused-ring (bicyclic) bond motifs is 1. The van der Waals surface area contributed by atoms with Crippen LogP contribution in [0.1, 0.15) is 88.2 Å². The van der Waals surface area contributed by atoms with Gasteiger partial charge in [0.2, 0.25) is 11.9 Å². The number of nitrogens with zero attached hydrogens (tertiary/aromatic N) is 2. The van der Waals surface area contributed by atoms with E-state index >= 15 is 0 Å². The molecule has 10 nitrogen and oxygen atoms in total. The van der Waals surface area contributed by atoms with Crippen molar-refractivity contribution >= 4 is 23.9 Å². The van der Waals surface area contributed by atoms with E-state index in [9.17, 15) is 24.6 Å². The molecule has 1 aromatic rings. The van der Waals surface area contributed by atoms with Gasteiger partial charge in [0.1, 0.15) is 11.4 Å². The zero-order valence-electron chi connectivity index (χ0n) is 20.8. The van der Waals surface area contributed by atoms with Gasteiger partial charge in [0.25, 0.3) is 0 Å². The third-order valence-electron chi connectivity index (χ3n) is 6.27. The zero-order chi connectivity index (χ0) is 25.8. The number of ether oxygens (including phenoxy) is 2. The summed E-state index contributed by atoms with van der Waals surface area (Å²) in [5.74, 6) is -0.738. The van der Waals surface area contributed by atoms with Crippen LogP contribution >= 0.6 is 0 Å². The summed E-state index contributed by atoms with van der Waals surface area (Å²) in [6.45, 7) is 7.54. The van der Waals surface area contributed by atoms with Crippen LogP contribution < -0.4 is 10.1 Å². The van der Waals surface area contributed by atoms with Crippen molar-refractivity contribution in [3.8, 4) is 5.75 Å². The Kier molecular flexibility index (Phi) is 8.04. The maximum atomic E-state index is 13.7. The van der Waals surface area contributed by atoms with E-state index in [4.69, 9.17) is 9.47 Å². The van der Waals surface area contributed by atoms with Gasteiger partial charge in [-0.15, -0.1) is 4.99 Å². The maximum absolute atomic E-state index is 13.7. The number of rotatable bonds is 7. The Morgan fingerprint density at radius 1 is 1.31 bits per heavy atom. The van der Waals surface area contributed by atoms with Crippen LogP contribution in [0, 0.1) is 0 Å². The normalized spacial score (nSPS) is 23.3. The quantitative estimate of drug-likeness (QED) is 0.494. The summed E-state index contributed by atoms with van der Waals surface area (Å²) in [4.78, 5) is 43.5. The van der Waals surface area contributed by atoms with Gasteiger partial charge in [-0.05, 0) is 64.7 Å². The summed E-state index contributed by atoms with van der Waals surface area (Å²) in [6.07, 6.45) is 2.28. The number of aliphatic hydroxyl groups excluding tert-OH is 1. The average Bonchev–Trinajstić information content (AvgIpc) is 2.77. The zero-order valence-corrected chi connectivity index (χ0v) is 20.8. The number of unbranched alkanes of at least 4 members (excludes halogenated alkanes) is 1. The van der Waals surface area contributed by atoms with Crippen LogP contribution in [-0.4, -0.2) is 63.4 Å². The highest BCUT2D eigenvalue weighted by atomic mass is 16.6. The third kappa shape index (κ3) is 6.30. The molecule has 35 heavy (non-hydrogen) atoms. The molecule has 1 saturated heterocycles. The minimum absolute atomic E-state index is 0.0590. The number of carboxylic acid groups (broad SMARTS) is 1. The lowest BCUT2D eigenvalue weighted by molar-refractivity contribution is -0.133. The summed E-state index contributed by atoms with van der Waals surface area (Å²) in [6, 6.07) is 3.98. The van der Waals surface area contributed by atoms with Crippen LogP contribution in [0.2, 0.25) is 0 Å². The van der Waals surface area contributed by atoms with E-state index in [0.29, 0.717) is 50.0 Å². The Hall–Kier alpha value is -3.14. The van der Waals surface area contributed by atoms with Crippen LogP contribution in [0.25, 0.3) is 0 Å². The molecule has 0 spiro atoms. The first-order valence-electron chi connectivity index (χ1n) is 12.0. The Bertz CT molecular complexity index is 1000. The minimum Gasteiger partial charge on any atom is -0.493 e. The lowest BCUT2D eigenvalue weighted by Gasteiger charge is -2.46. The fourth-order valence-corrected chi connectivity index (χ4v) is 4.50. The van der Waals surface area contributed by atoms with Crippen molar-refractivity contribution in [3.63, 3.8) is 0 Å². The molecular weight excluding hydrogens is 454 g/mol. The maximum Gasteiger partial charge on any atom is 0.437 e. The Balaban J connectivity index is 2.04. The van der Waals surface area contributed by atoms with Gasteiger partial charge in [0, 0.05) is 24.1 Å². The fourth-order valence-electron chi connectivity index (χ4n) is 4.50. The molecule has 0 radical (unpaired) electrons. The second-order valence-corrected chi connectivity index (χ2v) is 10.0. The molecule has 0 saturated carbocycles. The summed E-state index contributed by atoms with van der Waals surface area (Å²) >= 11 is 0. The van der Waals surface area contributed by atoms with E-state index in [1.807, 2.05) is 6.92 Å². The molecule has 0 aromatic heterocycles. The number of hydrogen-bond donors (Lipinski definition) is 3. The molecule has 2 amide bonds. The van der Waals surface area contributed by atoms with Crippen molar-refractivity contribution < 1.29 is 34.1 Å². The molecule has 1 aromatic carbocycles. The fraction of sp³-hybridized carbons (Fsp3) is 0.600. The number of guanidine groups is 1. The van der Waals surface area contributed by atoms with Crippen LogP contribution in [0.5, 0.6) is 5.75 Å². The van der Waals surface area contributed by atoms with E-state index in [1.165, 1.54) is 17.0 Å². The van der Waals surface area contributed by atoms with E-state index in [2.05, 4.69) is 10.3 Å². The number of benzene rings is 1. The van der Waals surface area contributed by atoms with Crippen molar-refractivity contribution in [2.45, 2.75) is 83.4 Å². The molecule has 2 aliphatic rings. The molecule has 0 unspecified atom stereocenters. The van der Waals surface area contributed by atoms with Crippen LogP contribution in [0.15, 0.2) is 23.2 Å². The summed E-state index contributed by atoms with van der Waals surface area (Å²) in [5.41, 5.74) is -0.767. The molecular formula is C25H35N3O7. The highest BCUT2D eigenvalue weighted by molar-refractivity contribution is 6.04.